The molecular weight excluding hydrogens is 273 g/mol. The lowest BCUT2D eigenvalue weighted by molar-refractivity contribution is 0.0270. The van der Waals surface area contributed by atoms with Crippen LogP contribution in [-0.2, 0) is 4.74 Å². The summed E-state index contributed by atoms with van der Waals surface area (Å²) < 4.78 is 18.7. The number of hydrogen-bond acceptors (Lipinski definition) is 3. The Morgan fingerprint density at radius 3 is 2.67 bits per heavy atom. The summed E-state index contributed by atoms with van der Waals surface area (Å²) >= 11 is 0. The van der Waals surface area contributed by atoms with E-state index in [9.17, 15) is 14.3 Å². The van der Waals surface area contributed by atoms with Crippen molar-refractivity contribution in [2.75, 3.05) is 13.1 Å². The number of carbonyl (C=O) groups is 1. The van der Waals surface area contributed by atoms with E-state index in [2.05, 4.69) is 0 Å². The summed E-state index contributed by atoms with van der Waals surface area (Å²) in [6.45, 7) is 6.33. The highest BCUT2D eigenvalue weighted by Gasteiger charge is 2.24. The van der Waals surface area contributed by atoms with Gasteiger partial charge in [-0.2, -0.15) is 0 Å². The van der Waals surface area contributed by atoms with Crippen molar-refractivity contribution in [1.82, 2.24) is 4.90 Å². The predicted molar refractivity (Wildman–Crippen MR) is 78.5 cm³/mol. The molecule has 21 heavy (non-hydrogen) atoms. The minimum atomic E-state index is -0.636. The molecule has 0 radical (unpaired) electrons. The van der Waals surface area contributed by atoms with Crippen molar-refractivity contribution < 1.29 is 19.0 Å². The second kappa shape index (κ2) is 5.76. The van der Waals surface area contributed by atoms with Crippen LogP contribution in [0.1, 0.15) is 32.8 Å². The topological polar surface area (TPSA) is 49.8 Å². The average molecular weight is 293 g/mol. The van der Waals surface area contributed by atoms with Gasteiger partial charge in [-0.1, -0.05) is 18.2 Å². The molecule has 0 saturated heterocycles. The van der Waals surface area contributed by atoms with Crippen molar-refractivity contribution in [2.24, 2.45) is 0 Å². The Hall–Kier alpha value is -2.04. The second-order valence-electron chi connectivity index (χ2n) is 6.04. The van der Waals surface area contributed by atoms with Gasteiger partial charge in [0.15, 0.2) is 11.6 Å². The summed E-state index contributed by atoms with van der Waals surface area (Å²) in [5.41, 5.74) is 0.799. The zero-order valence-corrected chi connectivity index (χ0v) is 12.5. The summed E-state index contributed by atoms with van der Waals surface area (Å²) in [4.78, 5) is 13.5. The van der Waals surface area contributed by atoms with Gasteiger partial charge in [0.05, 0.1) is 0 Å². The number of nitrogens with zero attached hydrogens (tertiary/aromatic N) is 1. The zero-order chi connectivity index (χ0) is 15.6. The number of benzene rings is 1. The molecule has 5 heteroatoms. The van der Waals surface area contributed by atoms with Gasteiger partial charge in [-0.25, -0.2) is 9.18 Å². The van der Waals surface area contributed by atoms with Crippen molar-refractivity contribution in [3.05, 3.63) is 35.7 Å². The number of phenols is 1. The third kappa shape index (κ3) is 3.74. The van der Waals surface area contributed by atoms with Crippen LogP contribution >= 0.6 is 0 Å². The van der Waals surface area contributed by atoms with E-state index in [1.54, 1.807) is 17.0 Å². The maximum absolute atomic E-state index is 13.4. The first-order valence-corrected chi connectivity index (χ1v) is 6.93. The Morgan fingerprint density at radius 2 is 2.10 bits per heavy atom. The van der Waals surface area contributed by atoms with Gasteiger partial charge in [0.25, 0.3) is 0 Å². The normalized spacial score (nSPS) is 15.6. The molecule has 1 amide bonds. The molecule has 0 spiro atoms. The molecule has 4 nitrogen and oxygen atoms in total. The Kier molecular flexibility index (Phi) is 4.21. The van der Waals surface area contributed by atoms with Crippen LogP contribution in [0.25, 0.3) is 5.57 Å². The number of halogens is 1. The third-order valence-electron chi connectivity index (χ3n) is 3.19. The fourth-order valence-corrected chi connectivity index (χ4v) is 2.18. The van der Waals surface area contributed by atoms with E-state index in [0.717, 1.165) is 5.57 Å². The van der Waals surface area contributed by atoms with Crippen molar-refractivity contribution in [3.8, 4) is 5.75 Å². The first-order valence-electron chi connectivity index (χ1n) is 6.93. The van der Waals surface area contributed by atoms with E-state index >= 15 is 0 Å². The molecule has 0 saturated carbocycles. The number of hydrogen-bond donors (Lipinski definition) is 1. The molecule has 0 atom stereocenters. The van der Waals surface area contributed by atoms with Crippen LogP contribution < -0.4 is 0 Å². The minimum absolute atomic E-state index is 0.338. The largest absolute Gasteiger partial charge is 0.504 e. The quantitative estimate of drug-likeness (QED) is 0.861. The van der Waals surface area contributed by atoms with Crippen LogP contribution in [0.2, 0.25) is 0 Å². The Balaban J connectivity index is 2.09. The van der Waals surface area contributed by atoms with E-state index in [1.807, 2.05) is 26.8 Å². The highest BCUT2D eigenvalue weighted by atomic mass is 19.1. The van der Waals surface area contributed by atoms with Crippen LogP contribution in [0.5, 0.6) is 5.75 Å². The van der Waals surface area contributed by atoms with E-state index < -0.39 is 11.4 Å². The minimum Gasteiger partial charge on any atom is -0.504 e. The summed E-state index contributed by atoms with van der Waals surface area (Å²) in [6.07, 6.45) is 2.01. The molecule has 0 bridgehead atoms. The number of phenolic OH excluding ortho intramolecular Hbond substituents is 1. The van der Waals surface area contributed by atoms with Crippen LogP contribution in [0.3, 0.4) is 0 Å². The van der Waals surface area contributed by atoms with E-state index in [0.29, 0.717) is 25.1 Å². The van der Waals surface area contributed by atoms with Crippen LogP contribution in [0.4, 0.5) is 9.18 Å². The highest BCUT2D eigenvalue weighted by molar-refractivity contribution is 5.74. The molecular formula is C16H20FNO3. The number of amides is 1. The monoisotopic (exact) mass is 293 g/mol. The zero-order valence-electron chi connectivity index (χ0n) is 12.5. The Bertz CT molecular complexity index is 575. The molecule has 1 heterocycles. The van der Waals surface area contributed by atoms with Crippen molar-refractivity contribution in [2.45, 2.75) is 32.8 Å². The van der Waals surface area contributed by atoms with Gasteiger partial charge in [0.2, 0.25) is 0 Å². The maximum Gasteiger partial charge on any atom is 0.410 e. The molecule has 114 valence electrons. The molecule has 0 aromatic heterocycles. The Labute approximate surface area is 123 Å². The Morgan fingerprint density at radius 1 is 1.38 bits per heavy atom. The molecule has 1 N–H and O–H groups in total. The molecule has 1 aromatic rings. The van der Waals surface area contributed by atoms with Crippen LogP contribution in [0.15, 0.2) is 24.3 Å². The smallest absolute Gasteiger partial charge is 0.410 e. The van der Waals surface area contributed by atoms with Gasteiger partial charge in [-0.15, -0.1) is 0 Å². The molecule has 1 aromatic carbocycles. The van der Waals surface area contributed by atoms with Gasteiger partial charge in [0.1, 0.15) is 5.60 Å². The number of aromatic hydroxyl groups is 1. The lowest BCUT2D eigenvalue weighted by atomic mass is 9.98. The van der Waals surface area contributed by atoms with Crippen LogP contribution in [-0.4, -0.2) is 34.8 Å². The molecule has 1 aliphatic rings. The van der Waals surface area contributed by atoms with Crippen molar-refractivity contribution in [3.63, 3.8) is 0 Å². The van der Waals surface area contributed by atoms with E-state index in [1.165, 1.54) is 6.07 Å². The summed E-state index contributed by atoms with van der Waals surface area (Å²) in [5, 5.41) is 9.76. The number of ether oxygens (including phenoxy) is 1. The summed E-state index contributed by atoms with van der Waals surface area (Å²) in [5.74, 6) is -0.975. The SMILES string of the molecule is CC(C)(C)OC(=O)N1CC=C(c2cccc(F)c2O)CC1. The van der Waals surface area contributed by atoms with E-state index in [-0.39, 0.29) is 11.8 Å². The summed E-state index contributed by atoms with van der Waals surface area (Å²) in [7, 11) is 0. The van der Waals surface area contributed by atoms with Gasteiger partial charge in [-0.3, -0.25) is 0 Å². The lowest BCUT2D eigenvalue weighted by Crippen LogP contribution is -2.39. The first kappa shape index (κ1) is 15.4. The first-order chi connectivity index (χ1) is 9.78. The fourth-order valence-electron chi connectivity index (χ4n) is 2.18. The van der Waals surface area contributed by atoms with Crippen molar-refractivity contribution >= 4 is 11.7 Å². The molecule has 0 aliphatic carbocycles. The van der Waals surface area contributed by atoms with Gasteiger partial charge < -0.3 is 14.7 Å². The average Bonchev–Trinajstić information content (AvgIpc) is 2.40. The summed E-state index contributed by atoms with van der Waals surface area (Å²) in [6, 6.07) is 4.45. The lowest BCUT2D eigenvalue weighted by Gasteiger charge is -2.29. The van der Waals surface area contributed by atoms with Gasteiger partial charge in [0, 0.05) is 18.7 Å². The van der Waals surface area contributed by atoms with Crippen molar-refractivity contribution in [1.29, 1.82) is 0 Å². The van der Waals surface area contributed by atoms with Crippen LogP contribution in [0, 0.1) is 5.82 Å². The third-order valence-corrected chi connectivity index (χ3v) is 3.19. The van der Waals surface area contributed by atoms with Gasteiger partial charge >= 0.3 is 6.09 Å². The van der Waals surface area contributed by atoms with E-state index in [4.69, 9.17) is 4.74 Å². The number of rotatable bonds is 1. The molecule has 1 aliphatic heterocycles. The second-order valence-corrected chi connectivity index (χ2v) is 6.04. The molecule has 2 rings (SSSR count). The highest BCUT2D eigenvalue weighted by Crippen LogP contribution is 2.31. The maximum atomic E-state index is 13.4. The predicted octanol–water partition coefficient (Wildman–Crippen LogP) is 3.56. The standard InChI is InChI=1S/C16H20FNO3/c1-16(2,3)21-15(20)18-9-7-11(8-10-18)12-5-4-6-13(17)14(12)19/h4-7,19H,8-10H2,1-3H3. The number of para-hydroxylation sites is 1. The molecule has 0 unspecified atom stereocenters. The number of carbonyl (C=O) groups excluding carboxylic acids is 1. The molecule has 0 fully saturated rings. The van der Waals surface area contributed by atoms with Gasteiger partial charge in [-0.05, 0) is 38.8 Å². The fraction of sp³-hybridized carbons (Fsp3) is 0.438.